The molecule has 3 rings (SSSR count). The Labute approximate surface area is 122 Å². The lowest BCUT2D eigenvalue weighted by molar-refractivity contribution is 0.773. The van der Waals surface area contributed by atoms with E-state index in [1.54, 1.807) is 4.68 Å². The predicted molar refractivity (Wildman–Crippen MR) is 83.1 cm³/mol. The van der Waals surface area contributed by atoms with Crippen LogP contribution in [-0.2, 0) is 0 Å². The van der Waals surface area contributed by atoms with Gasteiger partial charge in [-0.05, 0) is 42.8 Å². The highest BCUT2D eigenvalue weighted by molar-refractivity contribution is 7.71. The van der Waals surface area contributed by atoms with Gasteiger partial charge < -0.3 is 4.90 Å². The van der Waals surface area contributed by atoms with Gasteiger partial charge in [-0.1, -0.05) is 12.1 Å². The van der Waals surface area contributed by atoms with E-state index in [1.165, 1.54) is 18.5 Å². The molecule has 1 heterocycles. The number of hydrogen-bond donors (Lipinski definition) is 1. The Balaban J connectivity index is 1.83. The molecule has 0 saturated heterocycles. The van der Waals surface area contributed by atoms with Crippen LogP contribution in [0.25, 0.3) is 0 Å². The van der Waals surface area contributed by atoms with Gasteiger partial charge in [0.2, 0.25) is 4.77 Å². The highest BCUT2D eigenvalue weighted by Crippen LogP contribution is 2.38. The summed E-state index contributed by atoms with van der Waals surface area (Å²) in [5.41, 5.74) is 2.21. The lowest BCUT2D eigenvalue weighted by Crippen LogP contribution is -2.08. The largest absolute Gasteiger partial charge is 0.378 e. The number of H-pyrrole nitrogens is 1. The van der Waals surface area contributed by atoms with Crippen molar-refractivity contribution in [2.75, 3.05) is 19.0 Å². The van der Waals surface area contributed by atoms with Crippen molar-refractivity contribution in [3.05, 3.63) is 40.4 Å². The Morgan fingerprint density at radius 1 is 1.35 bits per heavy atom. The highest BCUT2D eigenvalue weighted by Gasteiger charge is 2.29. The van der Waals surface area contributed by atoms with E-state index in [4.69, 9.17) is 12.2 Å². The van der Waals surface area contributed by atoms with E-state index in [0.29, 0.717) is 10.7 Å². The van der Waals surface area contributed by atoms with E-state index >= 15 is 0 Å². The molecule has 0 amide bonds. The van der Waals surface area contributed by atoms with Crippen LogP contribution in [0.3, 0.4) is 0 Å². The summed E-state index contributed by atoms with van der Waals surface area (Å²) >= 11 is 5.21. The normalized spacial score (nSPS) is 14.9. The number of aromatic amines is 1. The molecule has 2 aromatic rings. The van der Waals surface area contributed by atoms with E-state index in [2.05, 4.69) is 32.3 Å². The van der Waals surface area contributed by atoms with Gasteiger partial charge in [-0.3, -0.25) is 5.10 Å². The molecular weight excluding hydrogens is 270 g/mol. The first-order valence-electron chi connectivity index (χ1n) is 6.64. The molecule has 1 fully saturated rings. The predicted octanol–water partition coefficient (Wildman–Crippen LogP) is 2.77. The Morgan fingerprint density at radius 3 is 2.65 bits per heavy atom. The van der Waals surface area contributed by atoms with E-state index < -0.39 is 0 Å². The van der Waals surface area contributed by atoms with Gasteiger partial charge in [-0.2, -0.15) is 14.9 Å². The quantitative estimate of drug-likeness (QED) is 0.695. The molecule has 104 valence electrons. The lowest BCUT2D eigenvalue weighted by atomic mass is 10.2. The summed E-state index contributed by atoms with van der Waals surface area (Å²) in [6, 6.07) is 8.22. The second kappa shape index (κ2) is 5.20. The second-order valence-corrected chi connectivity index (χ2v) is 5.59. The van der Waals surface area contributed by atoms with Crippen LogP contribution in [-0.4, -0.2) is 35.2 Å². The Kier molecular flexibility index (Phi) is 3.40. The summed E-state index contributed by atoms with van der Waals surface area (Å²) in [5, 5.41) is 11.5. The summed E-state index contributed by atoms with van der Waals surface area (Å²) in [6.07, 6.45) is 4.16. The van der Waals surface area contributed by atoms with Gasteiger partial charge in [-0.25, -0.2) is 0 Å². The van der Waals surface area contributed by atoms with Crippen molar-refractivity contribution in [2.45, 2.75) is 18.8 Å². The molecule has 1 aliphatic rings. The molecule has 1 saturated carbocycles. The van der Waals surface area contributed by atoms with Crippen LogP contribution in [0.2, 0.25) is 0 Å². The van der Waals surface area contributed by atoms with Gasteiger partial charge in [0.15, 0.2) is 5.82 Å². The zero-order valence-electron chi connectivity index (χ0n) is 11.6. The smallest absolute Gasteiger partial charge is 0.216 e. The van der Waals surface area contributed by atoms with Crippen LogP contribution in [0.4, 0.5) is 5.69 Å². The molecule has 1 aromatic heterocycles. The fraction of sp³-hybridized carbons (Fsp3) is 0.357. The molecule has 1 aliphatic carbocycles. The maximum absolute atomic E-state index is 5.21. The third-order valence-corrected chi connectivity index (χ3v) is 3.61. The highest BCUT2D eigenvalue weighted by atomic mass is 32.1. The van der Waals surface area contributed by atoms with Crippen LogP contribution in [0, 0.1) is 4.77 Å². The average molecular weight is 287 g/mol. The maximum Gasteiger partial charge on any atom is 0.216 e. The number of nitrogens with one attached hydrogen (secondary N) is 1. The molecule has 0 aliphatic heterocycles. The summed E-state index contributed by atoms with van der Waals surface area (Å²) in [5.74, 6) is 1.45. The summed E-state index contributed by atoms with van der Waals surface area (Å²) < 4.78 is 2.28. The van der Waals surface area contributed by atoms with Crippen LogP contribution >= 0.6 is 12.2 Å². The van der Waals surface area contributed by atoms with E-state index in [-0.39, 0.29) is 0 Å². The first-order chi connectivity index (χ1) is 9.65. The third kappa shape index (κ3) is 2.65. The molecule has 1 N–H and O–H groups in total. The minimum Gasteiger partial charge on any atom is -0.378 e. The molecule has 6 heteroatoms. The Morgan fingerprint density at radius 2 is 2.05 bits per heavy atom. The van der Waals surface area contributed by atoms with Gasteiger partial charge >= 0.3 is 0 Å². The van der Waals surface area contributed by atoms with E-state index in [1.807, 2.05) is 32.4 Å². The zero-order valence-corrected chi connectivity index (χ0v) is 12.4. The SMILES string of the molecule is CN(C)c1ccc(/C=N\n2c(C3CC3)n[nH]c2=S)cc1. The van der Waals surface area contributed by atoms with Gasteiger partial charge in [0.25, 0.3) is 0 Å². The van der Waals surface area contributed by atoms with E-state index in [0.717, 1.165) is 11.4 Å². The standard InChI is InChI=1S/C14H17N5S/c1-18(2)12-7-3-10(4-8-12)9-15-19-13(11-5-6-11)16-17-14(19)20/h3-4,7-9,11H,5-6H2,1-2H3,(H,17,20)/b15-9-. The molecule has 20 heavy (non-hydrogen) atoms. The molecule has 5 nitrogen and oxygen atoms in total. The number of aromatic nitrogens is 3. The van der Waals surface area contributed by atoms with Crippen molar-refractivity contribution in [3.63, 3.8) is 0 Å². The minimum absolute atomic E-state index is 0.510. The maximum atomic E-state index is 5.21. The Hall–Kier alpha value is -1.95. The zero-order chi connectivity index (χ0) is 14.1. The molecule has 1 aromatic carbocycles. The fourth-order valence-electron chi connectivity index (χ4n) is 2.00. The minimum atomic E-state index is 0.510. The first kappa shape index (κ1) is 13.1. The molecule has 0 radical (unpaired) electrons. The molecule has 0 spiro atoms. The van der Waals surface area contributed by atoms with Crippen molar-refractivity contribution in [2.24, 2.45) is 5.10 Å². The van der Waals surface area contributed by atoms with Gasteiger partial charge in [0.05, 0.1) is 6.21 Å². The average Bonchev–Trinajstić information content (AvgIpc) is 3.21. The van der Waals surface area contributed by atoms with Crippen LogP contribution in [0.15, 0.2) is 29.4 Å². The van der Waals surface area contributed by atoms with Crippen molar-refractivity contribution >= 4 is 24.1 Å². The molecule has 0 unspecified atom stereocenters. The molecule has 0 bridgehead atoms. The van der Waals surface area contributed by atoms with Gasteiger partial charge in [-0.15, -0.1) is 0 Å². The summed E-state index contributed by atoms with van der Waals surface area (Å²) in [4.78, 5) is 2.07. The topological polar surface area (TPSA) is 49.2 Å². The summed E-state index contributed by atoms with van der Waals surface area (Å²) in [6.45, 7) is 0. The van der Waals surface area contributed by atoms with Crippen LogP contribution in [0.1, 0.15) is 30.1 Å². The molecule has 0 atom stereocenters. The monoisotopic (exact) mass is 287 g/mol. The van der Waals surface area contributed by atoms with Gasteiger partial charge in [0.1, 0.15) is 0 Å². The van der Waals surface area contributed by atoms with Crippen molar-refractivity contribution in [1.82, 2.24) is 14.9 Å². The van der Waals surface area contributed by atoms with Gasteiger partial charge in [0, 0.05) is 25.7 Å². The number of nitrogens with zero attached hydrogens (tertiary/aromatic N) is 4. The van der Waals surface area contributed by atoms with E-state index in [9.17, 15) is 0 Å². The number of hydrogen-bond acceptors (Lipinski definition) is 4. The number of rotatable bonds is 4. The number of benzene rings is 1. The van der Waals surface area contributed by atoms with Crippen molar-refractivity contribution in [1.29, 1.82) is 0 Å². The first-order valence-corrected chi connectivity index (χ1v) is 7.05. The lowest BCUT2D eigenvalue weighted by Gasteiger charge is -2.11. The van der Waals surface area contributed by atoms with Crippen LogP contribution < -0.4 is 4.90 Å². The third-order valence-electron chi connectivity index (χ3n) is 3.35. The fourth-order valence-corrected chi connectivity index (χ4v) is 2.19. The van der Waals surface area contributed by atoms with Crippen molar-refractivity contribution < 1.29 is 0 Å². The summed E-state index contributed by atoms with van der Waals surface area (Å²) in [7, 11) is 4.05. The Bertz CT molecular complexity index is 676. The van der Waals surface area contributed by atoms with Crippen molar-refractivity contribution in [3.8, 4) is 0 Å². The van der Waals surface area contributed by atoms with Crippen LogP contribution in [0.5, 0.6) is 0 Å². The second-order valence-electron chi connectivity index (χ2n) is 5.20. The molecular formula is C14H17N5S. The number of anilines is 1.